The van der Waals surface area contributed by atoms with E-state index in [0.29, 0.717) is 13.2 Å². The topological polar surface area (TPSA) is 33.7 Å². The number of aryl methyl sites for hydroxylation is 1. The molecule has 1 heterocycles. The van der Waals surface area contributed by atoms with E-state index in [2.05, 4.69) is 59.6 Å². The number of nitrogens with zero attached hydrogens (tertiary/aromatic N) is 1. The summed E-state index contributed by atoms with van der Waals surface area (Å²) in [5.74, 6) is 0.890. The lowest BCUT2D eigenvalue weighted by Gasteiger charge is -2.29. The van der Waals surface area contributed by atoms with Crippen molar-refractivity contribution in [1.82, 2.24) is 0 Å². The average molecular weight is 423 g/mol. The molecular weight excluding hydrogens is 396 g/mol. The van der Waals surface area contributed by atoms with Crippen molar-refractivity contribution in [1.29, 1.82) is 0 Å². The van der Waals surface area contributed by atoms with E-state index in [4.69, 9.17) is 21.1 Å². The highest BCUT2D eigenvalue weighted by atomic mass is 35.5. The van der Waals surface area contributed by atoms with E-state index in [1.807, 2.05) is 24.3 Å². The van der Waals surface area contributed by atoms with Gasteiger partial charge in [0.2, 0.25) is 0 Å². The van der Waals surface area contributed by atoms with Gasteiger partial charge in [0.25, 0.3) is 0 Å². The van der Waals surface area contributed by atoms with Crippen molar-refractivity contribution in [3.05, 3.63) is 88.4 Å². The fourth-order valence-electron chi connectivity index (χ4n) is 3.51. The number of hydrogen-bond acceptors (Lipinski definition) is 4. The van der Waals surface area contributed by atoms with Crippen LogP contribution >= 0.6 is 11.6 Å². The number of benzene rings is 3. The molecule has 1 aliphatic heterocycles. The minimum Gasteiger partial charge on any atom is -0.489 e. The number of para-hydroxylation sites is 1. The lowest BCUT2D eigenvalue weighted by atomic mass is 10.1. The van der Waals surface area contributed by atoms with Crippen molar-refractivity contribution >= 4 is 23.0 Å². The second-order valence-electron chi connectivity index (χ2n) is 7.50. The Hall–Kier alpha value is -2.69. The van der Waals surface area contributed by atoms with Crippen LogP contribution in [-0.4, -0.2) is 26.3 Å². The third-order valence-corrected chi connectivity index (χ3v) is 5.57. The Balaban J connectivity index is 1.39. The highest BCUT2D eigenvalue weighted by Crippen LogP contribution is 2.30. The Labute approximate surface area is 183 Å². The molecule has 0 atom stereocenters. The molecule has 4 nitrogen and oxygen atoms in total. The largest absolute Gasteiger partial charge is 0.489 e. The molecular formula is C25H27ClN2O2. The number of morpholine rings is 1. The summed E-state index contributed by atoms with van der Waals surface area (Å²) in [7, 11) is 0. The second-order valence-corrected chi connectivity index (χ2v) is 7.91. The van der Waals surface area contributed by atoms with E-state index >= 15 is 0 Å². The van der Waals surface area contributed by atoms with Gasteiger partial charge in [-0.2, -0.15) is 0 Å². The fraction of sp³-hybridized carbons (Fsp3) is 0.280. The van der Waals surface area contributed by atoms with Crippen LogP contribution in [0.3, 0.4) is 0 Å². The van der Waals surface area contributed by atoms with Crippen LogP contribution in [0.1, 0.15) is 16.7 Å². The van der Waals surface area contributed by atoms with Crippen LogP contribution in [0.25, 0.3) is 0 Å². The van der Waals surface area contributed by atoms with Crippen LogP contribution in [0.15, 0.2) is 66.7 Å². The highest BCUT2D eigenvalue weighted by Gasteiger charge is 2.14. The number of nitrogens with one attached hydrogen (secondary N) is 1. The number of halogens is 1. The molecule has 0 aromatic heterocycles. The van der Waals surface area contributed by atoms with Crippen molar-refractivity contribution in [3.63, 3.8) is 0 Å². The molecule has 5 heteroatoms. The Morgan fingerprint density at radius 3 is 2.53 bits per heavy atom. The molecule has 0 radical (unpaired) electrons. The van der Waals surface area contributed by atoms with Crippen LogP contribution < -0.4 is 15.0 Å². The molecule has 4 rings (SSSR count). The van der Waals surface area contributed by atoms with Crippen LogP contribution in [-0.2, 0) is 17.9 Å². The van der Waals surface area contributed by atoms with E-state index in [0.717, 1.165) is 59.6 Å². The van der Waals surface area contributed by atoms with E-state index in [-0.39, 0.29) is 0 Å². The first-order valence-electron chi connectivity index (χ1n) is 10.3. The van der Waals surface area contributed by atoms with Crippen molar-refractivity contribution in [2.24, 2.45) is 0 Å². The van der Waals surface area contributed by atoms with Gasteiger partial charge in [0, 0.05) is 30.9 Å². The first-order chi connectivity index (χ1) is 14.7. The maximum atomic E-state index is 6.56. The third-order valence-electron chi connectivity index (χ3n) is 5.27. The molecule has 3 aromatic carbocycles. The summed E-state index contributed by atoms with van der Waals surface area (Å²) < 4.78 is 11.5. The van der Waals surface area contributed by atoms with Gasteiger partial charge in [-0.1, -0.05) is 59.6 Å². The van der Waals surface area contributed by atoms with Crippen molar-refractivity contribution in [2.75, 3.05) is 36.5 Å². The minimum absolute atomic E-state index is 0.553. The maximum Gasteiger partial charge on any atom is 0.124 e. The van der Waals surface area contributed by atoms with Gasteiger partial charge in [-0.3, -0.25) is 0 Å². The maximum absolute atomic E-state index is 6.56. The van der Waals surface area contributed by atoms with Gasteiger partial charge >= 0.3 is 0 Å². The van der Waals surface area contributed by atoms with Gasteiger partial charge in [0.05, 0.1) is 23.9 Å². The molecule has 3 aromatic rings. The molecule has 0 aliphatic carbocycles. The predicted octanol–water partition coefficient (Wildman–Crippen LogP) is 5.68. The highest BCUT2D eigenvalue weighted by molar-refractivity contribution is 6.33. The molecule has 1 fully saturated rings. The summed E-state index contributed by atoms with van der Waals surface area (Å²) in [6, 6.07) is 22.7. The monoisotopic (exact) mass is 422 g/mol. The third kappa shape index (κ3) is 5.26. The summed E-state index contributed by atoms with van der Waals surface area (Å²) in [6.45, 7) is 6.54. The smallest absolute Gasteiger partial charge is 0.124 e. The molecule has 156 valence electrons. The summed E-state index contributed by atoms with van der Waals surface area (Å²) in [4.78, 5) is 2.27. The molecule has 1 N–H and O–H groups in total. The molecule has 0 amide bonds. The number of rotatable bonds is 7. The summed E-state index contributed by atoms with van der Waals surface area (Å²) in [5, 5.41) is 4.23. The van der Waals surface area contributed by atoms with E-state index in [1.165, 1.54) is 5.56 Å². The molecule has 0 bridgehead atoms. The zero-order valence-corrected chi connectivity index (χ0v) is 18.0. The number of ether oxygens (including phenoxy) is 2. The van der Waals surface area contributed by atoms with Gasteiger partial charge in [0.1, 0.15) is 12.4 Å². The van der Waals surface area contributed by atoms with Gasteiger partial charge in [-0.15, -0.1) is 0 Å². The Morgan fingerprint density at radius 1 is 1.00 bits per heavy atom. The van der Waals surface area contributed by atoms with Crippen LogP contribution in [0, 0.1) is 6.92 Å². The molecule has 30 heavy (non-hydrogen) atoms. The van der Waals surface area contributed by atoms with Crippen molar-refractivity contribution in [2.45, 2.75) is 20.1 Å². The van der Waals surface area contributed by atoms with Crippen molar-refractivity contribution < 1.29 is 9.47 Å². The lowest BCUT2D eigenvalue weighted by molar-refractivity contribution is 0.122. The molecule has 0 saturated carbocycles. The van der Waals surface area contributed by atoms with E-state index in [1.54, 1.807) is 0 Å². The van der Waals surface area contributed by atoms with E-state index < -0.39 is 0 Å². The SMILES string of the molecule is Cc1ccc(COc2ccccc2CNc2ccc(N3CCOCC3)c(Cl)c2)cc1. The van der Waals surface area contributed by atoms with Crippen LogP contribution in [0.5, 0.6) is 5.75 Å². The van der Waals surface area contributed by atoms with Gasteiger partial charge < -0.3 is 19.7 Å². The zero-order valence-electron chi connectivity index (χ0n) is 17.2. The van der Waals surface area contributed by atoms with Crippen LogP contribution in [0.2, 0.25) is 5.02 Å². The summed E-state index contributed by atoms with van der Waals surface area (Å²) in [6.07, 6.45) is 0. The van der Waals surface area contributed by atoms with Crippen molar-refractivity contribution in [3.8, 4) is 5.75 Å². The summed E-state index contributed by atoms with van der Waals surface area (Å²) in [5.41, 5.74) is 5.58. The molecule has 1 saturated heterocycles. The zero-order chi connectivity index (χ0) is 20.8. The molecule has 1 aliphatic rings. The number of anilines is 2. The first-order valence-corrected chi connectivity index (χ1v) is 10.7. The Bertz CT molecular complexity index is 969. The predicted molar refractivity (Wildman–Crippen MR) is 124 cm³/mol. The van der Waals surface area contributed by atoms with E-state index in [9.17, 15) is 0 Å². The first kappa shape index (κ1) is 20.6. The fourth-order valence-corrected chi connectivity index (χ4v) is 3.81. The lowest BCUT2D eigenvalue weighted by Crippen LogP contribution is -2.36. The van der Waals surface area contributed by atoms with Gasteiger partial charge in [-0.25, -0.2) is 0 Å². The normalized spacial score (nSPS) is 13.9. The minimum atomic E-state index is 0.553. The quantitative estimate of drug-likeness (QED) is 0.531. The number of hydrogen-bond donors (Lipinski definition) is 1. The standard InChI is InChI=1S/C25H27ClN2O2/c1-19-6-8-20(9-7-19)18-30-25-5-3-2-4-21(25)17-27-22-10-11-24(23(26)16-22)28-12-14-29-15-13-28/h2-11,16,27H,12-15,17-18H2,1H3. The Morgan fingerprint density at radius 2 is 1.77 bits per heavy atom. The average Bonchev–Trinajstić information content (AvgIpc) is 2.78. The molecule has 0 unspecified atom stereocenters. The Kier molecular flexibility index (Phi) is 6.77. The summed E-state index contributed by atoms with van der Waals surface area (Å²) >= 11 is 6.56. The second kappa shape index (κ2) is 9.88. The van der Waals surface area contributed by atoms with Gasteiger partial charge in [-0.05, 0) is 36.8 Å². The van der Waals surface area contributed by atoms with Gasteiger partial charge in [0.15, 0.2) is 0 Å². The molecule has 0 spiro atoms. The van der Waals surface area contributed by atoms with Crippen LogP contribution in [0.4, 0.5) is 11.4 Å².